The van der Waals surface area contributed by atoms with Crippen LogP contribution < -0.4 is 16.4 Å². The first-order chi connectivity index (χ1) is 12.1. The van der Waals surface area contributed by atoms with Gasteiger partial charge in [0.2, 0.25) is 5.91 Å². The van der Waals surface area contributed by atoms with Gasteiger partial charge in [-0.2, -0.15) is 0 Å². The van der Waals surface area contributed by atoms with E-state index in [9.17, 15) is 14.4 Å². The Hall–Kier alpha value is -2.78. The number of thiazole rings is 1. The Morgan fingerprint density at radius 1 is 1.40 bits per heavy atom. The lowest BCUT2D eigenvalue weighted by Crippen LogP contribution is -2.30. The van der Waals surface area contributed by atoms with Gasteiger partial charge in [-0.25, -0.2) is 9.78 Å². The van der Waals surface area contributed by atoms with E-state index in [2.05, 4.69) is 15.6 Å². The highest BCUT2D eigenvalue weighted by Gasteiger charge is 2.28. The molecule has 1 aromatic carbocycles. The molecule has 2 aromatic rings. The van der Waals surface area contributed by atoms with E-state index in [4.69, 9.17) is 5.73 Å². The molecular formula is C16H17N5O3S. The summed E-state index contributed by atoms with van der Waals surface area (Å²) in [5, 5.41) is 7.75. The van der Waals surface area contributed by atoms with Gasteiger partial charge < -0.3 is 16.4 Å². The molecule has 9 heteroatoms. The Bertz CT molecular complexity index is 804. The van der Waals surface area contributed by atoms with Crippen LogP contribution in [0, 0.1) is 0 Å². The second kappa shape index (κ2) is 7.41. The molecule has 8 nitrogen and oxygen atoms in total. The molecule has 0 aliphatic carbocycles. The molecule has 0 radical (unpaired) electrons. The Morgan fingerprint density at radius 3 is 2.96 bits per heavy atom. The van der Waals surface area contributed by atoms with E-state index in [1.165, 1.54) is 11.3 Å². The highest BCUT2D eigenvalue weighted by molar-refractivity contribution is 7.09. The van der Waals surface area contributed by atoms with Crippen molar-refractivity contribution in [2.45, 2.75) is 13.0 Å². The van der Waals surface area contributed by atoms with Crippen molar-refractivity contribution in [3.8, 4) is 0 Å². The molecule has 4 amide bonds. The maximum Gasteiger partial charge on any atom is 0.324 e. The van der Waals surface area contributed by atoms with Crippen LogP contribution in [0.1, 0.15) is 21.1 Å². The average molecular weight is 359 g/mol. The fourth-order valence-corrected chi connectivity index (χ4v) is 3.19. The topological polar surface area (TPSA) is 117 Å². The number of urea groups is 1. The number of anilines is 1. The number of amides is 4. The van der Waals surface area contributed by atoms with Crippen LogP contribution in [0.3, 0.4) is 0 Å². The first-order valence-electron chi connectivity index (χ1n) is 7.70. The van der Waals surface area contributed by atoms with Crippen molar-refractivity contribution in [1.29, 1.82) is 0 Å². The number of nitrogens with one attached hydrogen (secondary N) is 2. The van der Waals surface area contributed by atoms with Crippen LogP contribution in [0.15, 0.2) is 29.6 Å². The fourth-order valence-electron chi connectivity index (χ4n) is 2.39. The number of hydrogen-bond donors (Lipinski definition) is 3. The van der Waals surface area contributed by atoms with E-state index in [0.29, 0.717) is 24.3 Å². The minimum atomic E-state index is -0.408. The predicted molar refractivity (Wildman–Crippen MR) is 93.2 cm³/mol. The van der Waals surface area contributed by atoms with Crippen molar-refractivity contribution < 1.29 is 14.4 Å². The monoisotopic (exact) mass is 359 g/mol. The number of imide groups is 1. The van der Waals surface area contributed by atoms with Crippen molar-refractivity contribution in [3.63, 3.8) is 0 Å². The van der Waals surface area contributed by atoms with Crippen LogP contribution >= 0.6 is 11.3 Å². The molecule has 25 heavy (non-hydrogen) atoms. The van der Waals surface area contributed by atoms with Crippen LogP contribution in [0.5, 0.6) is 0 Å². The minimum absolute atomic E-state index is 0.0181. The maximum absolute atomic E-state index is 12.3. The molecule has 1 aromatic heterocycles. The van der Waals surface area contributed by atoms with Gasteiger partial charge in [-0.05, 0) is 24.2 Å². The lowest BCUT2D eigenvalue weighted by atomic mass is 10.2. The van der Waals surface area contributed by atoms with Crippen LogP contribution in [-0.2, 0) is 17.8 Å². The highest BCUT2D eigenvalue weighted by Crippen LogP contribution is 2.16. The number of benzene rings is 1. The first-order valence-corrected chi connectivity index (χ1v) is 8.58. The van der Waals surface area contributed by atoms with Gasteiger partial charge in [0.1, 0.15) is 5.69 Å². The molecule has 0 atom stereocenters. The summed E-state index contributed by atoms with van der Waals surface area (Å²) < 4.78 is 0. The van der Waals surface area contributed by atoms with E-state index in [1.54, 1.807) is 29.6 Å². The largest absolute Gasteiger partial charge is 0.330 e. The first kappa shape index (κ1) is 17.1. The molecule has 2 heterocycles. The molecule has 1 fully saturated rings. The summed E-state index contributed by atoms with van der Waals surface area (Å²) in [7, 11) is 0. The van der Waals surface area contributed by atoms with Crippen LogP contribution in [0.2, 0.25) is 0 Å². The van der Waals surface area contributed by atoms with Crippen molar-refractivity contribution in [3.05, 3.63) is 45.9 Å². The summed E-state index contributed by atoms with van der Waals surface area (Å²) in [5.74, 6) is -0.582. The van der Waals surface area contributed by atoms with Crippen LogP contribution in [0.25, 0.3) is 0 Å². The summed E-state index contributed by atoms with van der Waals surface area (Å²) in [4.78, 5) is 40.9. The summed E-state index contributed by atoms with van der Waals surface area (Å²) in [5.41, 5.74) is 7.14. The second-order valence-electron chi connectivity index (χ2n) is 5.46. The van der Waals surface area contributed by atoms with Gasteiger partial charge in [0.05, 0.1) is 18.1 Å². The van der Waals surface area contributed by atoms with Gasteiger partial charge in [0, 0.05) is 17.5 Å². The number of carbonyl (C=O) groups is 3. The molecule has 0 bridgehead atoms. The van der Waals surface area contributed by atoms with Gasteiger partial charge in [-0.3, -0.25) is 14.5 Å². The normalized spacial score (nSPS) is 13.9. The zero-order chi connectivity index (χ0) is 17.8. The van der Waals surface area contributed by atoms with E-state index in [1.807, 2.05) is 0 Å². The molecule has 1 aliphatic rings. The molecule has 0 spiro atoms. The highest BCUT2D eigenvalue weighted by atomic mass is 32.1. The zero-order valence-corrected chi connectivity index (χ0v) is 14.1. The SMILES string of the molecule is NCCc1nc(C(=O)Nc2cccc(CN3C(=O)CNC3=O)c2)cs1. The van der Waals surface area contributed by atoms with E-state index in [0.717, 1.165) is 15.5 Å². The number of nitrogens with two attached hydrogens (primary N) is 1. The summed E-state index contributed by atoms with van der Waals surface area (Å²) in [6, 6.07) is 6.60. The predicted octanol–water partition coefficient (Wildman–Crippen LogP) is 0.948. The number of carbonyl (C=O) groups excluding carboxylic acids is 3. The standard InChI is InChI=1S/C16H17N5O3S/c17-5-4-13-20-12(9-25-13)15(23)19-11-3-1-2-10(6-11)8-21-14(22)7-18-16(21)24/h1-3,6,9H,4-5,7-8,17H2,(H,18,24)(H,19,23). The molecule has 3 rings (SSSR count). The zero-order valence-electron chi connectivity index (χ0n) is 13.3. The maximum atomic E-state index is 12.3. The van der Waals surface area contributed by atoms with Crippen LogP contribution in [-0.4, -0.2) is 40.8 Å². The van der Waals surface area contributed by atoms with Crippen molar-refractivity contribution >= 4 is 34.9 Å². The Balaban J connectivity index is 1.67. The van der Waals surface area contributed by atoms with Gasteiger partial charge >= 0.3 is 6.03 Å². The molecule has 1 aliphatic heterocycles. The molecule has 0 unspecified atom stereocenters. The smallest absolute Gasteiger partial charge is 0.324 e. The molecule has 0 saturated carbocycles. The van der Waals surface area contributed by atoms with Gasteiger partial charge in [0.25, 0.3) is 5.91 Å². The van der Waals surface area contributed by atoms with Crippen molar-refractivity contribution in [2.75, 3.05) is 18.4 Å². The van der Waals surface area contributed by atoms with Crippen molar-refractivity contribution in [1.82, 2.24) is 15.2 Å². The third kappa shape index (κ3) is 4.01. The third-order valence-electron chi connectivity index (χ3n) is 3.61. The number of hydrogen-bond acceptors (Lipinski definition) is 6. The molecule has 130 valence electrons. The number of nitrogens with zero attached hydrogens (tertiary/aromatic N) is 2. The Labute approximate surface area is 148 Å². The van der Waals surface area contributed by atoms with E-state index >= 15 is 0 Å². The number of rotatable bonds is 6. The molecular weight excluding hydrogens is 342 g/mol. The lowest BCUT2D eigenvalue weighted by molar-refractivity contribution is -0.125. The lowest BCUT2D eigenvalue weighted by Gasteiger charge is -2.13. The van der Waals surface area contributed by atoms with E-state index in [-0.39, 0.29) is 24.9 Å². The molecule has 1 saturated heterocycles. The Morgan fingerprint density at radius 2 is 2.24 bits per heavy atom. The quantitative estimate of drug-likeness (QED) is 0.664. The second-order valence-corrected chi connectivity index (χ2v) is 6.40. The summed E-state index contributed by atoms with van der Waals surface area (Å²) in [6.45, 7) is 0.662. The summed E-state index contributed by atoms with van der Waals surface area (Å²) in [6.07, 6.45) is 0.638. The van der Waals surface area contributed by atoms with Gasteiger partial charge in [-0.15, -0.1) is 11.3 Å². The Kier molecular flexibility index (Phi) is 5.05. The van der Waals surface area contributed by atoms with Crippen molar-refractivity contribution in [2.24, 2.45) is 5.73 Å². The summed E-state index contributed by atoms with van der Waals surface area (Å²) >= 11 is 1.40. The van der Waals surface area contributed by atoms with E-state index < -0.39 is 6.03 Å². The van der Waals surface area contributed by atoms with Crippen LogP contribution in [0.4, 0.5) is 10.5 Å². The third-order valence-corrected chi connectivity index (χ3v) is 4.51. The minimum Gasteiger partial charge on any atom is -0.330 e. The fraction of sp³-hybridized carbons (Fsp3) is 0.250. The molecule has 4 N–H and O–H groups in total. The van der Waals surface area contributed by atoms with Gasteiger partial charge in [0.15, 0.2) is 0 Å². The average Bonchev–Trinajstić information content (AvgIpc) is 3.18. The number of aromatic nitrogens is 1. The van der Waals surface area contributed by atoms with Gasteiger partial charge in [-0.1, -0.05) is 12.1 Å².